The molecular weight excluding hydrogens is 250 g/mol. The molecule has 3 heteroatoms. The van der Waals surface area contributed by atoms with Crippen LogP contribution in [0, 0.1) is 6.92 Å². The molecule has 0 aliphatic rings. The third-order valence-electron chi connectivity index (χ3n) is 1.99. The molecule has 0 atom stereocenters. The Morgan fingerprint density at radius 1 is 1.15 bits per heavy atom. The van der Waals surface area contributed by atoms with Crippen LogP contribution in [0.1, 0.15) is 57.5 Å². The maximum Gasteiger partial charge on any atom is 0.150 e. The summed E-state index contributed by atoms with van der Waals surface area (Å²) in [4.78, 5) is 10.4. The van der Waals surface area contributed by atoms with Crippen LogP contribution in [0.15, 0.2) is 18.2 Å². The smallest absolute Gasteiger partial charge is 0.150 e. The molecule has 1 aromatic rings. The molecular formula is C17H33NO2. The summed E-state index contributed by atoms with van der Waals surface area (Å²) in [6.45, 7) is 15.7. The number of aldehydes is 1. The molecule has 1 rings (SSSR count). The van der Waals surface area contributed by atoms with E-state index >= 15 is 0 Å². The standard InChI is InChI=1S/C10H12O2.C3H9N.2C2H6/c1-3-12-10-5-4-9(7-11)6-8(10)2;1-3-4-2;2*1-2/h4-7H,3H2,1-2H3;4H,3H2,1-2H3;2*1-2H3. The summed E-state index contributed by atoms with van der Waals surface area (Å²) < 4.78 is 5.32. The molecule has 0 heterocycles. The number of rotatable bonds is 4. The summed E-state index contributed by atoms with van der Waals surface area (Å²) >= 11 is 0. The van der Waals surface area contributed by atoms with Crippen molar-refractivity contribution < 1.29 is 9.53 Å². The zero-order valence-corrected chi connectivity index (χ0v) is 14.5. The molecule has 0 aromatic heterocycles. The molecule has 0 amide bonds. The highest BCUT2D eigenvalue weighted by Crippen LogP contribution is 2.17. The van der Waals surface area contributed by atoms with Gasteiger partial charge >= 0.3 is 0 Å². The summed E-state index contributed by atoms with van der Waals surface area (Å²) in [5, 5.41) is 2.93. The van der Waals surface area contributed by atoms with E-state index in [0.29, 0.717) is 12.2 Å². The summed E-state index contributed by atoms with van der Waals surface area (Å²) in [7, 11) is 1.93. The molecule has 0 spiro atoms. The first kappa shape index (κ1) is 23.7. The normalized spacial score (nSPS) is 7.80. The minimum absolute atomic E-state index is 0.654. The van der Waals surface area contributed by atoms with E-state index in [0.717, 1.165) is 24.1 Å². The Morgan fingerprint density at radius 3 is 1.95 bits per heavy atom. The van der Waals surface area contributed by atoms with Crippen molar-refractivity contribution in [3.8, 4) is 5.75 Å². The van der Waals surface area contributed by atoms with Gasteiger partial charge in [-0.3, -0.25) is 4.79 Å². The van der Waals surface area contributed by atoms with Gasteiger partial charge in [-0.1, -0.05) is 34.6 Å². The van der Waals surface area contributed by atoms with Crippen molar-refractivity contribution in [2.24, 2.45) is 0 Å². The number of aryl methyl sites for hydroxylation is 1. The molecule has 0 saturated carbocycles. The van der Waals surface area contributed by atoms with E-state index < -0.39 is 0 Å². The summed E-state index contributed by atoms with van der Waals surface area (Å²) in [5.74, 6) is 0.850. The van der Waals surface area contributed by atoms with Crippen molar-refractivity contribution in [1.29, 1.82) is 0 Å². The van der Waals surface area contributed by atoms with E-state index in [1.807, 2.05) is 60.7 Å². The van der Waals surface area contributed by atoms with E-state index in [4.69, 9.17) is 4.74 Å². The predicted octanol–water partition coefficient (Wildman–Crippen LogP) is 4.48. The van der Waals surface area contributed by atoms with Gasteiger partial charge in [-0.05, 0) is 51.2 Å². The van der Waals surface area contributed by atoms with Crippen LogP contribution in [-0.4, -0.2) is 26.5 Å². The molecule has 1 N–H and O–H groups in total. The van der Waals surface area contributed by atoms with Gasteiger partial charge in [0.25, 0.3) is 0 Å². The fraction of sp³-hybridized carbons (Fsp3) is 0.588. The Morgan fingerprint density at radius 2 is 1.65 bits per heavy atom. The van der Waals surface area contributed by atoms with Gasteiger partial charge in [0.2, 0.25) is 0 Å². The lowest BCUT2D eigenvalue weighted by Crippen LogP contribution is -2.01. The average Bonchev–Trinajstić information content (AvgIpc) is 2.53. The second kappa shape index (κ2) is 20.0. The SMILES string of the molecule is CC.CC.CCNC.CCOc1ccc(C=O)cc1C. The second-order valence-electron chi connectivity index (χ2n) is 3.28. The second-order valence-corrected chi connectivity index (χ2v) is 3.28. The van der Waals surface area contributed by atoms with Crippen LogP contribution < -0.4 is 10.1 Å². The van der Waals surface area contributed by atoms with Crippen molar-refractivity contribution in [1.82, 2.24) is 5.32 Å². The van der Waals surface area contributed by atoms with E-state index in [9.17, 15) is 4.79 Å². The number of carbonyl (C=O) groups is 1. The van der Waals surface area contributed by atoms with Crippen LogP contribution in [-0.2, 0) is 0 Å². The number of nitrogens with one attached hydrogen (secondary N) is 1. The number of hydrogen-bond donors (Lipinski definition) is 1. The van der Waals surface area contributed by atoms with E-state index in [2.05, 4.69) is 12.2 Å². The van der Waals surface area contributed by atoms with Gasteiger partial charge in [-0.15, -0.1) is 0 Å². The quantitative estimate of drug-likeness (QED) is 0.828. The van der Waals surface area contributed by atoms with Gasteiger partial charge in [-0.2, -0.15) is 0 Å². The molecule has 0 radical (unpaired) electrons. The minimum atomic E-state index is 0.654. The lowest BCUT2D eigenvalue weighted by atomic mass is 10.1. The highest BCUT2D eigenvalue weighted by Gasteiger charge is 1.98. The third kappa shape index (κ3) is 13.1. The summed E-state index contributed by atoms with van der Waals surface area (Å²) in [6, 6.07) is 5.39. The van der Waals surface area contributed by atoms with E-state index in [-0.39, 0.29) is 0 Å². The summed E-state index contributed by atoms with van der Waals surface area (Å²) in [5.41, 5.74) is 1.69. The minimum Gasteiger partial charge on any atom is -0.494 e. The van der Waals surface area contributed by atoms with Crippen LogP contribution in [0.3, 0.4) is 0 Å². The first-order valence-corrected chi connectivity index (χ1v) is 7.52. The monoisotopic (exact) mass is 283 g/mol. The van der Waals surface area contributed by atoms with Crippen molar-refractivity contribution in [2.45, 2.75) is 48.5 Å². The lowest BCUT2D eigenvalue weighted by Gasteiger charge is -2.06. The Bertz CT molecular complexity index is 310. The van der Waals surface area contributed by atoms with Gasteiger partial charge in [0.1, 0.15) is 12.0 Å². The van der Waals surface area contributed by atoms with Gasteiger partial charge in [0.05, 0.1) is 6.61 Å². The molecule has 0 unspecified atom stereocenters. The first-order chi connectivity index (χ1) is 9.69. The van der Waals surface area contributed by atoms with E-state index in [1.165, 1.54) is 0 Å². The van der Waals surface area contributed by atoms with Crippen LogP contribution >= 0.6 is 0 Å². The first-order valence-electron chi connectivity index (χ1n) is 7.52. The highest BCUT2D eigenvalue weighted by molar-refractivity contribution is 5.75. The van der Waals surface area contributed by atoms with Crippen LogP contribution in [0.2, 0.25) is 0 Å². The maximum absolute atomic E-state index is 10.4. The molecule has 0 saturated heterocycles. The van der Waals surface area contributed by atoms with Crippen molar-refractivity contribution in [3.63, 3.8) is 0 Å². The molecule has 0 fully saturated rings. The number of ether oxygens (including phenoxy) is 1. The molecule has 1 aromatic carbocycles. The summed E-state index contributed by atoms with van der Waals surface area (Å²) in [6.07, 6.45) is 0.836. The van der Waals surface area contributed by atoms with Gasteiger partial charge < -0.3 is 10.1 Å². The van der Waals surface area contributed by atoms with Gasteiger partial charge in [0, 0.05) is 5.56 Å². The molecule has 3 nitrogen and oxygen atoms in total. The van der Waals surface area contributed by atoms with Gasteiger partial charge in [-0.25, -0.2) is 0 Å². The molecule has 118 valence electrons. The van der Waals surface area contributed by atoms with E-state index in [1.54, 1.807) is 6.07 Å². The predicted molar refractivity (Wildman–Crippen MR) is 90.0 cm³/mol. The zero-order chi connectivity index (χ0) is 16.4. The van der Waals surface area contributed by atoms with Crippen LogP contribution in [0.25, 0.3) is 0 Å². The van der Waals surface area contributed by atoms with Gasteiger partial charge in [0.15, 0.2) is 0 Å². The van der Waals surface area contributed by atoms with Crippen molar-refractivity contribution >= 4 is 6.29 Å². The lowest BCUT2D eigenvalue weighted by molar-refractivity contribution is 0.112. The Balaban J connectivity index is -0.000000306. The fourth-order valence-corrected chi connectivity index (χ4v) is 1.06. The molecule has 0 bridgehead atoms. The topological polar surface area (TPSA) is 38.3 Å². The largest absolute Gasteiger partial charge is 0.494 e. The Hall–Kier alpha value is -1.35. The number of hydrogen-bond acceptors (Lipinski definition) is 3. The fourth-order valence-electron chi connectivity index (χ4n) is 1.06. The molecule has 0 aliphatic carbocycles. The average molecular weight is 283 g/mol. The van der Waals surface area contributed by atoms with Crippen molar-refractivity contribution in [3.05, 3.63) is 29.3 Å². The Kier molecular flexibility index (Phi) is 23.7. The van der Waals surface area contributed by atoms with Crippen LogP contribution in [0.4, 0.5) is 0 Å². The highest BCUT2D eigenvalue weighted by atomic mass is 16.5. The number of benzene rings is 1. The van der Waals surface area contributed by atoms with Crippen molar-refractivity contribution in [2.75, 3.05) is 20.2 Å². The molecule has 20 heavy (non-hydrogen) atoms. The zero-order valence-electron chi connectivity index (χ0n) is 14.5. The third-order valence-corrected chi connectivity index (χ3v) is 1.99. The van der Waals surface area contributed by atoms with Crippen LogP contribution in [0.5, 0.6) is 5.75 Å². The number of carbonyl (C=O) groups excluding carboxylic acids is 1. The molecule has 0 aliphatic heterocycles. The Labute approximate surface area is 125 Å². The maximum atomic E-state index is 10.4.